The average Bonchev–Trinajstić information content (AvgIpc) is 3.31. The Morgan fingerprint density at radius 1 is 1.15 bits per heavy atom. The van der Waals surface area contributed by atoms with Crippen LogP contribution in [0.15, 0.2) is 12.1 Å². The van der Waals surface area contributed by atoms with E-state index in [0.29, 0.717) is 0 Å². The van der Waals surface area contributed by atoms with Gasteiger partial charge in [-0.1, -0.05) is 44.1 Å². The lowest BCUT2D eigenvalue weighted by Crippen LogP contribution is -2.41. The van der Waals surface area contributed by atoms with Crippen LogP contribution in [0.2, 0.25) is 0 Å². The number of fused-ring (bicyclic) bond motifs is 1. The predicted molar refractivity (Wildman–Crippen MR) is 118 cm³/mol. The Labute approximate surface area is 173 Å². The van der Waals surface area contributed by atoms with Gasteiger partial charge in [0, 0.05) is 19.0 Å². The normalized spacial score (nSPS) is 14.7. The fourth-order valence-corrected chi connectivity index (χ4v) is 4.86. The monoisotopic (exact) mass is 409 g/mol. The smallest absolute Gasteiger partial charge is 0.231 e. The maximum absolute atomic E-state index is 13.2. The van der Waals surface area contributed by atoms with Crippen LogP contribution in [-0.4, -0.2) is 42.0 Å². The van der Waals surface area contributed by atoms with E-state index >= 15 is 0 Å². The topological polar surface area (TPSA) is 36.4 Å². The molecule has 27 heavy (non-hydrogen) atoms. The number of benzene rings is 1. The second kappa shape index (κ2) is 9.85. The SMILES string of the molecule is CCN(CC)CCN(C(=O)C1CCCC1)c1nc2c(C)c(C)ccc2s1.Cl. The average molecular weight is 410 g/mol. The van der Waals surface area contributed by atoms with Gasteiger partial charge >= 0.3 is 0 Å². The number of carbonyl (C=O) groups is 1. The van der Waals surface area contributed by atoms with Crippen molar-refractivity contribution in [2.75, 3.05) is 31.1 Å². The van der Waals surface area contributed by atoms with Crippen LogP contribution in [0.4, 0.5) is 5.13 Å². The molecule has 1 aromatic carbocycles. The van der Waals surface area contributed by atoms with Crippen molar-refractivity contribution in [2.45, 2.75) is 53.4 Å². The summed E-state index contributed by atoms with van der Waals surface area (Å²) >= 11 is 1.66. The van der Waals surface area contributed by atoms with Gasteiger partial charge in [0.1, 0.15) is 0 Å². The van der Waals surface area contributed by atoms with E-state index in [9.17, 15) is 4.79 Å². The molecular formula is C21H32ClN3OS. The highest BCUT2D eigenvalue weighted by molar-refractivity contribution is 7.22. The van der Waals surface area contributed by atoms with Crippen LogP contribution < -0.4 is 4.90 Å². The molecule has 1 heterocycles. The van der Waals surface area contributed by atoms with Crippen LogP contribution in [-0.2, 0) is 4.79 Å². The lowest BCUT2D eigenvalue weighted by atomic mass is 10.1. The minimum Gasteiger partial charge on any atom is -0.302 e. The number of anilines is 1. The third-order valence-corrected chi connectivity index (χ3v) is 6.85. The summed E-state index contributed by atoms with van der Waals surface area (Å²) in [5.74, 6) is 0.463. The Balaban J connectivity index is 0.00000261. The van der Waals surface area contributed by atoms with Gasteiger partial charge in [-0.2, -0.15) is 0 Å². The highest BCUT2D eigenvalue weighted by Gasteiger charge is 2.30. The van der Waals surface area contributed by atoms with E-state index in [2.05, 4.69) is 44.7 Å². The van der Waals surface area contributed by atoms with Gasteiger partial charge in [-0.25, -0.2) is 4.98 Å². The maximum atomic E-state index is 13.2. The van der Waals surface area contributed by atoms with Crippen LogP contribution in [0, 0.1) is 19.8 Å². The molecule has 150 valence electrons. The number of carbonyl (C=O) groups excluding carboxylic acids is 1. The molecular weight excluding hydrogens is 378 g/mol. The Bertz CT molecular complexity index is 766. The number of likely N-dealkylation sites (N-methyl/N-ethyl adjacent to an activating group) is 1. The van der Waals surface area contributed by atoms with Gasteiger partial charge in [-0.05, 0) is 57.0 Å². The zero-order chi connectivity index (χ0) is 18.7. The second-order valence-corrected chi connectivity index (χ2v) is 8.36. The second-order valence-electron chi connectivity index (χ2n) is 7.35. The molecule has 1 aliphatic rings. The van der Waals surface area contributed by atoms with Crippen molar-refractivity contribution in [1.82, 2.24) is 9.88 Å². The standard InChI is InChI=1S/C21H31N3OS.ClH/c1-5-23(6-2)13-14-24(20(25)17-9-7-8-10-17)21-22-19-16(4)15(3)11-12-18(19)26-21;/h11-12,17H,5-10,13-14H2,1-4H3;1H. The molecule has 2 aromatic rings. The summed E-state index contributed by atoms with van der Waals surface area (Å²) in [6, 6.07) is 4.29. The summed E-state index contributed by atoms with van der Waals surface area (Å²) in [7, 11) is 0. The Hall–Kier alpha value is -1.17. The fraction of sp³-hybridized carbons (Fsp3) is 0.619. The third-order valence-electron chi connectivity index (χ3n) is 5.81. The fourth-order valence-electron chi connectivity index (χ4n) is 3.80. The number of aromatic nitrogens is 1. The van der Waals surface area contributed by atoms with Crippen LogP contribution in [0.1, 0.15) is 50.7 Å². The van der Waals surface area contributed by atoms with Gasteiger partial charge in [0.25, 0.3) is 0 Å². The number of hydrogen-bond acceptors (Lipinski definition) is 4. The van der Waals surface area contributed by atoms with Crippen molar-refractivity contribution in [3.63, 3.8) is 0 Å². The van der Waals surface area contributed by atoms with Crippen LogP contribution in [0.3, 0.4) is 0 Å². The Kier molecular flexibility index (Phi) is 8.07. The first-order chi connectivity index (χ1) is 12.5. The molecule has 1 fully saturated rings. The number of halogens is 1. The number of amides is 1. The molecule has 0 unspecified atom stereocenters. The first-order valence-corrected chi connectivity index (χ1v) is 10.8. The summed E-state index contributed by atoms with van der Waals surface area (Å²) in [6.45, 7) is 12.3. The van der Waals surface area contributed by atoms with E-state index in [1.807, 2.05) is 4.90 Å². The van der Waals surface area contributed by atoms with E-state index in [-0.39, 0.29) is 24.2 Å². The molecule has 6 heteroatoms. The number of rotatable bonds is 7. The maximum Gasteiger partial charge on any atom is 0.231 e. The minimum atomic E-state index is 0. The minimum absolute atomic E-state index is 0. The first kappa shape index (κ1) is 22.1. The Morgan fingerprint density at radius 2 is 1.81 bits per heavy atom. The summed E-state index contributed by atoms with van der Waals surface area (Å²) < 4.78 is 1.18. The summed E-state index contributed by atoms with van der Waals surface area (Å²) in [5, 5.41) is 0.873. The molecule has 1 amide bonds. The molecule has 0 aliphatic heterocycles. The van der Waals surface area contributed by atoms with E-state index in [0.717, 1.165) is 49.7 Å². The molecule has 0 bridgehead atoms. The van der Waals surface area contributed by atoms with Crippen LogP contribution in [0.25, 0.3) is 10.2 Å². The molecule has 1 aromatic heterocycles. The number of nitrogens with zero attached hydrogens (tertiary/aromatic N) is 3. The summed E-state index contributed by atoms with van der Waals surface area (Å²) in [6.07, 6.45) is 4.42. The van der Waals surface area contributed by atoms with Crippen molar-refractivity contribution in [2.24, 2.45) is 5.92 Å². The highest BCUT2D eigenvalue weighted by atomic mass is 35.5. The quantitative estimate of drug-likeness (QED) is 0.630. The van der Waals surface area contributed by atoms with Gasteiger partial charge in [-0.15, -0.1) is 12.4 Å². The molecule has 0 spiro atoms. The van der Waals surface area contributed by atoms with Gasteiger partial charge in [0.2, 0.25) is 5.91 Å². The lowest BCUT2D eigenvalue weighted by molar-refractivity contribution is -0.122. The molecule has 4 nitrogen and oxygen atoms in total. The van der Waals surface area contributed by atoms with E-state index in [4.69, 9.17) is 4.98 Å². The van der Waals surface area contributed by atoms with E-state index < -0.39 is 0 Å². The van der Waals surface area contributed by atoms with Gasteiger partial charge in [0.15, 0.2) is 5.13 Å². The van der Waals surface area contributed by atoms with Crippen molar-refractivity contribution < 1.29 is 4.79 Å². The number of aryl methyl sites for hydroxylation is 2. The van der Waals surface area contributed by atoms with Crippen molar-refractivity contribution >= 4 is 45.0 Å². The predicted octanol–water partition coefficient (Wildman–Crippen LogP) is 5.20. The summed E-state index contributed by atoms with van der Waals surface area (Å²) in [5.41, 5.74) is 3.53. The number of hydrogen-bond donors (Lipinski definition) is 0. The van der Waals surface area contributed by atoms with Crippen molar-refractivity contribution in [1.29, 1.82) is 0 Å². The molecule has 0 saturated heterocycles. The van der Waals surface area contributed by atoms with Crippen molar-refractivity contribution in [3.05, 3.63) is 23.3 Å². The first-order valence-electron chi connectivity index (χ1n) is 9.95. The highest BCUT2D eigenvalue weighted by Crippen LogP contribution is 2.34. The molecule has 3 rings (SSSR count). The van der Waals surface area contributed by atoms with Gasteiger partial charge in [-0.3, -0.25) is 9.69 Å². The van der Waals surface area contributed by atoms with Crippen LogP contribution in [0.5, 0.6) is 0 Å². The Morgan fingerprint density at radius 3 is 2.44 bits per heavy atom. The molecule has 0 radical (unpaired) electrons. The molecule has 1 aliphatic carbocycles. The molecule has 1 saturated carbocycles. The van der Waals surface area contributed by atoms with Crippen LogP contribution >= 0.6 is 23.7 Å². The van der Waals surface area contributed by atoms with E-state index in [1.54, 1.807) is 11.3 Å². The summed E-state index contributed by atoms with van der Waals surface area (Å²) in [4.78, 5) is 22.5. The number of thiazole rings is 1. The molecule has 0 N–H and O–H groups in total. The largest absolute Gasteiger partial charge is 0.302 e. The van der Waals surface area contributed by atoms with Crippen molar-refractivity contribution in [3.8, 4) is 0 Å². The third kappa shape index (κ3) is 4.82. The zero-order valence-electron chi connectivity index (χ0n) is 17.0. The molecule has 0 atom stereocenters. The van der Waals surface area contributed by atoms with E-state index in [1.165, 1.54) is 28.7 Å². The van der Waals surface area contributed by atoms with Gasteiger partial charge in [0.05, 0.1) is 10.2 Å². The van der Waals surface area contributed by atoms with Gasteiger partial charge < -0.3 is 4.90 Å². The zero-order valence-corrected chi connectivity index (χ0v) is 18.6. The lowest BCUT2D eigenvalue weighted by Gasteiger charge is -2.26.